The van der Waals surface area contributed by atoms with Crippen LogP contribution in [0.1, 0.15) is 5.56 Å². The van der Waals surface area contributed by atoms with Crippen molar-refractivity contribution in [3.63, 3.8) is 0 Å². The molecule has 0 aliphatic rings. The highest BCUT2D eigenvalue weighted by molar-refractivity contribution is 6.41. The molecule has 0 spiro atoms. The molecule has 7 heteroatoms. The zero-order valence-corrected chi connectivity index (χ0v) is 11.5. The number of carbonyl (C=O) groups excluding carboxylic acids is 2. The van der Waals surface area contributed by atoms with Crippen LogP contribution in [0.2, 0.25) is 5.15 Å². The van der Waals surface area contributed by atoms with Crippen molar-refractivity contribution in [3.8, 4) is 0 Å². The fraction of sp³-hybridized carbons (Fsp3) is 0.0714. The summed E-state index contributed by atoms with van der Waals surface area (Å²) in [6.45, 7) is 0.118. The minimum Gasteiger partial charge on any atom is -0.344 e. The van der Waals surface area contributed by atoms with E-state index in [1.54, 1.807) is 6.07 Å². The topological polar surface area (TPSA) is 71.1 Å². The normalized spacial score (nSPS) is 10.0. The molecular formula is C14H11ClFN3O2. The molecule has 2 N–H and O–H groups in total. The van der Waals surface area contributed by atoms with Gasteiger partial charge in [0.15, 0.2) is 5.15 Å². The molecular weight excluding hydrogens is 297 g/mol. The largest absolute Gasteiger partial charge is 0.344 e. The molecule has 2 rings (SSSR count). The zero-order chi connectivity index (χ0) is 15.2. The molecule has 0 bridgehead atoms. The zero-order valence-electron chi connectivity index (χ0n) is 10.8. The van der Waals surface area contributed by atoms with Crippen molar-refractivity contribution in [2.45, 2.75) is 6.54 Å². The third-order valence-corrected chi connectivity index (χ3v) is 2.88. The van der Waals surface area contributed by atoms with Crippen molar-refractivity contribution in [1.82, 2.24) is 10.3 Å². The molecule has 108 valence electrons. The molecule has 0 saturated heterocycles. The Hall–Kier alpha value is -2.47. The summed E-state index contributed by atoms with van der Waals surface area (Å²) >= 11 is 5.77. The van der Waals surface area contributed by atoms with Crippen molar-refractivity contribution >= 4 is 29.1 Å². The van der Waals surface area contributed by atoms with Crippen molar-refractivity contribution in [2.24, 2.45) is 0 Å². The van der Waals surface area contributed by atoms with E-state index in [0.717, 1.165) is 0 Å². The number of nitrogens with one attached hydrogen (secondary N) is 2. The number of hydrogen-bond donors (Lipinski definition) is 2. The molecule has 0 saturated carbocycles. The van der Waals surface area contributed by atoms with Gasteiger partial charge in [-0.05, 0) is 29.8 Å². The summed E-state index contributed by atoms with van der Waals surface area (Å²) in [4.78, 5) is 27.1. The van der Waals surface area contributed by atoms with Crippen LogP contribution in [0, 0.1) is 5.82 Å². The highest BCUT2D eigenvalue weighted by atomic mass is 35.5. The number of aromatic nitrogens is 1. The van der Waals surface area contributed by atoms with E-state index in [-0.39, 0.29) is 23.2 Å². The summed E-state index contributed by atoms with van der Waals surface area (Å²) in [5.41, 5.74) is 0.929. The van der Waals surface area contributed by atoms with Gasteiger partial charge in [0, 0.05) is 12.7 Å². The van der Waals surface area contributed by atoms with Gasteiger partial charge >= 0.3 is 11.8 Å². The Morgan fingerprint density at radius 3 is 2.52 bits per heavy atom. The number of halogens is 2. The number of pyridine rings is 1. The molecule has 2 aromatic rings. The van der Waals surface area contributed by atoms with Gasteiger partial charge in [-0.2, -0.15) is 0 Å². The van der Waals surface area contributed by atoms with Crippen LogP contribution in [-0.2, 0) is 16.1 Å². The van der Waals surface area contributed by atoms with E-state index in [0.29, 0.717) is 5.56 Å². The maximum atomic E-state index is 12.7. The maximum Gasteiger partial charge on any atom is 0.313 e. The molecule has 1 aromatic carbocycles. The number of nitrogens with zero attached hydrogens (tertiary/aromatic N) is 1. The molecule has 1 aromatic heterocycles. The van der Waals surface area contributed by atoms with Gasteiger partial charge in [0.2, 0.25) is 0 Å². The van der Waals surface area contributed by atoms with E-state index in [1.165, 1.54) is 36.5 Å². The Labute approximate surface area is 125 Å². The van der Waals surface area contributed by atoms with E-state index in [1.807, 2.05) is 0 Å². The van der Waals surface area contributed by atoms with Gasteiger partial charge in [-0.3, -0.25) is 9.59 Å². The lowest BCUT2D eigenvalue weighted by atomic mass is 10.2. The van der Waals surface area contributed by atoms with Gasteiger partial charge in [0.25, 0.3) is 0 Å². The summed E-state index contributed by atoms with van der Waals surface area (Å²) in [7, 11) is 0. The van der Waals surface area contributed by atoms with Crippen LogP contribution < -0.4 is 10.6 Å². The Kier molecular flexibility index (Phi) is 4.84. The first kappa shape index (κ1) is 14.9. The average Bonchev–Trinajstić information content (AvgIpc) is 2.48. The van der Waals surface area contributed by atoms with Crippen LogP contribution in [0.3, 0.4) is 0 Å². The predicted octanol–water partition coefficient (Wildman–Crippen LogP) is 2.13. The van der Waals surface area contributed by atoms with Gasteiger partial charge < -0.3 is 10.6 Å². The van der Waals surface area contributed by atoms with Crippen LogP contribution in [0.25, 0.3) is 0 Å². The first-order valence-corrected chi connectivity index (χ1v) is 6.38. The lowest BCUT2D eigenvalue weighted by Crippen LogP contribution is -2.35. The molecule has 0 fully saturated rings. The van der Waals surface area contributed by atoms with E-state index >= 15 is 0 Å². The molecule has 2 amide bonds. The Balaban J connectivity index is 1.90. The minimum absolute atomic E-state index is 0.0946. The Bertz CT molecular complexity index is 662. The number of carbonyl (C=O) groups is 2. The third kappa shape index (κ3) is 4.25. The highest BCUT2D eigenvalue weighted by Crippen LogP contribution is 2.17. The van der Waals surface area contributed by atoms with Crippen LogP contribution in [0.4, 0.5) is 10.1 Å². The van der Waals surface area contributed by atoms with Crippen LogP contribution >= 0.6 is 11.6 Å². The van der Waals surface area contributed by atoms with Gasteiger partial charge in [-0.15, -0.1) is 0 Å². The Morgan fingerprint density at radius 2 is 1.86 bits per heavy atom. The summed E-state index contributed by atoms with van der Waals surface area (Å²) in [5, 5.41) is 4.87. The standard InChI is InChI=1S/C14H11ClFN3O2/c15-12-11(2-1-7-17-12)19-14(21)13(20)18-8-9-3-5-10(16)6-4-9/h1-7H,8H2,(H,18,20)(H,19,21). The fourth-order valence-electron chi connectivity index (χ4n) is 1.52. The molecule has 0 unspecified atom stereocenters. The van der Waals surface area contributed by atoms with E-state index < -0.39 is 11.8 Å². The fourth-order valence-corrected chi connectivity index (χ4v) is 1.69. The second-order valence-corrected chi connectivity index (χ2v) is 4.46. The number of amides is 2. The van der Waals surface area contributed by atoms with Crippen molar-refractivity contribution < 1.29 is 14.0 Å². The number of anilines is 1. The van der Waals surface area contributed by atoms with Crippen LogP contribution in [0.15, 0.2) is 42.6 Å². The molecule has 21 heavy (non-hydrogen) atoms. The Morgan fingerprint density at radius 1 is 1.14 bits per heavy atom. The molecule has 5 nitrogen and oxygen atoms in total. The number of benzene rings is 1. The molecule has 1 heterocycles. The second-order valence-electron chi connectivity index (χ2n) is 4.11. The lowest BCUT2D eigenvalue weighted by Gasteiger charge is -2.07. The quantitative estimate of drug-likeness (QED) is 0.674. The SMILES string of the molecule is O=C(NCc1ccc(F)cc1)C(=O)Nc1cccnc1Cl. The summed E-state index contributed by atoms with van der Waals surface area (Å²) in [6, 6.07) is 8.70. The molecule has 0 radical (unpaired) electrons. The smallest absolute Gasteiger partial charge is 0.313 e. The predicted molar refractivity (Wildman–Crippen MR) is 76.1 cm³/mol. The average molecular weight is 308 g/mol. The summed E-state index contributed by atoms with van der Waals surface area (Å²) < 4.78 is 12.7. The first-order valence-electron chi connectivity index (χ1n) is 6.00. The minimum atomic E-state index is -0.855. The third-order valence-electron chi connectivity index (χ3n) is 2.58. The maximum absolute atomic E-state index is 12.7. The lowest BCUT2D eigenvalue weighted by molar-refractivity contribution is -0.136. The number of hydrogen-bond acceptors (Lipinski definition) is 3. The van der Waals surface area contributed by atoms with E-state index in [9.17, 15) is 14.0 Å². The molecule has 0 aliphatic heterocycles. The monoisotopic (exact) mass is 307 g/mol. The van der Waals surface area contributed by atoms with Gasteiger partial charge in [0.05, 0.1) is 5.69 Å². The first-order chi connectivity index (χ1) is 10.1. The van der Waals surface area contributed by atoms with Crippen LogP contribution in [0.5, 0.6) is 0 Å². The molecule has 0 aliphatic carbocycles. The molecule has 0 atom stereocenters. The number of rotatable bonds is 3. The summed E-state index contributed by atoms with van der Waals surface area (Å²) in [5.74, 6) is -2.04. The van der Waals surface area contributed by atoms with Crippen LogP contribution in [-0.4, -0.2) is 16.8 Å². The second kappa shape index (κ2) is 6.81. The van der Waals surface area contributed by atoms with Crippen molar-refractivity contribution in [2.75, 3.05) is 5.32 Å². The summed E-state index contributed by atoms with van der Waals surface area (Å²) in [6.07, 6.45) is 1.46. The van der Waals surface area contributed by atoms with Crippen molar-refractivity contribution in [1.29, 1.82) is 0 Å². The van der Waals surface area contributed by atoms with Crippen molar-refractivity contribution in [3.05, 3.63) is 59.1 Å². The highest BCUT2D eigenvalue weighted by Gasteiger charge is 2.14. The van der Waals surface area contributed by atoms with Gasteiger partial charge in [-0.25, -0.2) is 9.37 Å². The van der Waals surface area contributed by atoms with E-state index in [4.69, 9.17) is 11.6 Å². The van der Waals surface area contributed by atoms with E-state index in [2.05, 4.69) is 15.6 Å². The van der Waals surface area contributed by atoms with Gasteiger partial charge in [-0.1, -0.05) is 23.7 Å². The van der Waals surface area contributed by atoms with Gasteiger partial charge in [0.1, 0.15) is 5.82 Å².